The average Bonchev–Trinajstić information content (AvgIpc) is 3.26. The van der Waals surface area contributed by atoms with Gasteiger partial charge in [0.2, 0.25) is 5.91 Å². The van der Waals surface area contributed by atoms with Crippen molar-refractivity contribution >= 4 is 35.0 Å². The van der Waals surface area contributed by atoms with Crippen molar-refractivity contribution in [3.8, 4) is 17.4 Å². The summed E-state index contributed by atoms with van der Waals surface area (Å²) >= 11 is 6.86. The molecule has 0 radical (unpaired) electrons. The molecule has 0 fully saturated rings. The summed E-state index contributed by atoms with van der Waals surface area (Å²) in [6.07, 6.45) is 1.47. The molecule has 0 atom stereocenters. The number of amides is 1. The van der Waals surface area contributed by atoms with Gasteiger partial charge in [-0.15, -0.1) is 10.2 Å². The molecule has 0 aliphatic carbocycles. The number of halogens is 3. The van der Waals surface area contributed by atoms with Gasteiger partial charge in [0.15, 0.2) is 5.76 Å². The SMILES string of the molecule is O=C(CSc1nnc(-c2ccco2)o1)Nc1ccc(OC(F)F)c(Cl)c1. The minimum atomic E-state index is -2.98. The summed E-state index contributed by atoms with van der Waals surface area (Å²) in [7, 11) is 0. The number of carbonyl (C=O) groups excluding carboxylic acids is 1. The zero-order valence-electron chi connectivity index (χ0n) is 12.8. The van der Waals surface area contributed by atoms with E-state index in [0.717, 1.165) is 11.8 Å². The van der Waals surface area contributed by atoms with Gasteiger partial charge in [-0.1, -0.05) is 23.4 Å². The molecule has 7 nitrogen and oxygen atoms in total. The van der Waals surface area contributed by atoms with Crippen molar-refractivity contribution in [2.45, 2.75) is 11.8 Å². The van der Waals surface area contributed by atoms with Crippen LogP contribution < -0.4 is 10.1 Å². The minimum Gasteiger partial charge on any atom is -0.459 e. The average molecular weight is 402 g/mol. The Kier molecular flexibility index (Phi) is 5.74. The van der Waals surface area contributed by atoms with Crippen molar-refractivity contribution in [2.75, 3.05) is 11.1 Å². The summed E-state index contributed by atoms with van der Waals surface area (Å²) < 4.78 is 39.1. The van der Waals surface area contributed by atoms with Gasteiger partial charge in [-0.2, -0.15) is 8.78 Å². The molecular weight excluding hydrogens is 392 g/mol. The number of furan rings is 1. The summed E-state index contributed by atoms with van der Waals surface area (Å²) in [4.78, 5) is 12.0. The first-order chi connectivity index (χ1) is 12.5. The number of rotatable bonds is 7. The van der Waals surface area contributed by atoms with E-state index in [1.165, 1.54) is 24.5 Å². The van der Waals surface area contributed by atoms with Crippen LogP contribution in [0.5, 0.6) is 5.75 Å². The predicted octanol–water partition coefficient (Wildman–Crippen LogP) is 4.32. The van der Waals surface area contributed by atoms with Gasteiger partial charge >= 0.3 is 6.61 Å². The topological polar surface area (TPSA) is 90.4 Å². The number of anilines is 1. The van der Waals surface area contributed by atoms with Crippen LogP contribution in [0.4, 0.5) is 14.5 Å². The third-order valence-electron chi connectivity index (χ3n) is 2.90. The highest BCUT2D eigenvalue weighted by Gasteiger charge is 2.14. The number of alkyl halides is 2. The first kappa shape index (κ1) is 18.2. The molecule has 3 aromatic rings. The molecule has 0 aliphatic rings. The molecule has 1 aromatic carbocycles. The molecule has 11 heteroatoms. The van der Waals surface area contributed by atoms with Crippen molar-refractivity contribution in [3.63, 3.8) is 0 Å². The highest BCUT2D eigenvalue weighted by Crippen LogP contribution is 2.29. The van der Waals surface area contributed by atoms with E-state index in [2.05, 4.69) is 20.3 Å². The minimum absolute atomic E-state index is 0.00725. The molecule has 1 N–H and O–H groups in total. The molecule has 0 unspecified atom stereocenters. The highest BCUT2D eigenvalue weighted by molar-refractivity contribution is 7.99. The molecule has 0 aliphatic heterocycles. The van der Waals surface area contributed by atoms with Crippen LogP contribution in [0.25, 0.3) is 11.7 Å². The maximum atomic E-state index is 12.2. The second kappa shape index (κ2) is 8.19. The Morgan fingerprint density at radius 3 is 2.88 bits per heavy atom. The predicted molar refractivity (Wildman–Crippen MR) is 89.4 cm³/mol. The van der Waals surface area contributed by atoms with E-state index in [-0.39, 0.29) is 33.5 Å². The lowest BCUT2D eigenvalue weighted by molar-refractivity contribution is -0.113. The Hall–Kier alpha value is -2.59. The summed E-state index contributed by atoms with van der Waals surface area (Å²) in [5, 5.41) is 10.3. The number of carbonyl (C=O) groups is 1. The van der Waals surface area contributed by atoms with Crippen LogP contribution in [0, 0.1) is 0 Å². The van der Waals surface area contributed by atoms with Gasteiger partial charge in [-0.05, 0) is 30.3 Å². The van der Waals surface area contributed by atoms with E-state index < -0.39 is 6.61 Å². The number of hydrogen-bond donors (Lipinski definition) is 1. The van der Waals surface area contributed by atoms with Crippen molar-refractivity contribution in [1.29, 1.82) is 0 Å². The van der Waals surface area contributed by atoms with Gasteiger partial charge < -0.3 is 18.9 Å². The number of hydrogen-bond acceptors (Lipinski definition) is 7. The number of aromatic nitrogens is 2. The van der Waals surface area contributed by atoms with Crippen LogP contribution in [0.3, 0.4) is 0 Å². The molecule has 0 bridgehead atoms. The lowest BCUT2D eigenvalue weighted by Crippen LogP contribution is -2.14. The highest BCUT2D eigenvalue weighted by atomic mass is 35.5. The summed E-state index contributed by atoms with van der Waals surface area (Å²) in [5.74, 6) is 0.0812. The lowest BCUT2D eigenvalue weighted by Gasteiger charge is -2.09. The van der Waals surface area contributed by atoms with Crippen LogP contribution in [0.2, 0.25) is 5.02 Å². The van der Waals surface area contributed by atoms with Crippen molar-refractivity contribution in [3.05, 3.63) is 41.6 Å². The third-order valence-corrected chi connectivity index (χ3v) is 4.01. The lowest BCUT2D eigenvalue weighted by atomic mass is 10.3. The second-order valence-electron chi connectivity index (χ2n) is 4.71. The van der Waals surface area contributed by atoms with Crippen molar-refractivity contribution in [1.82, 2.24) is 10.2 Å². The molecule has 2 aromatic heterocycles. The Morgan fingerprint density at radius 2 is 2.19 bits per heavy atom. The molecule has 2 heterocycles. The fourth-order valence-corrected chi connectivity index (χ4v) is 2.65. The van der Waals surface area contributed by atoms with E-state index in [4.69, 9.17) is 20.4 Å². The van der Waals surface area contributed by atoms with Crippen LogP contribution in [-0.2, 0) is 4.79 Å². The van der Waals surface area contributed by atoms with Gasteiger partial charge in [0.25, 0.3) is 11.1 Å². The van der Waals surface area contributed by atoms with E-state index in [1.807, 2.05) is 0 Å². The Labute approximate surface area is 154 Å². The number of thioether (sulfide) groups is 1. The number of nitrogens with one attached hydrogen (secondary N) is 1. The van der Waals surface area contributed by atoms with E-state index in [9.17, 15) is 13.6 Å². The maximum Gasteiger partial charge on any atom is 0.387 e. The zero-order valence-corrected chi connectivity index (χ0v) is 14.4. The Balaban J connectivity index is 1.53. The third kappa shape index (κ3) is 4.73. The molecule has 136 valence electrons. The fraction of sp³-hybridized carbons (Fsp3) is 0.133. The molecule has 1 amide bonds. The van der Waals surface area contributed by atoms with Gasteiger partial charge in [-0.3, -0.25) is 4.79 Å². The van der Waals surface area contributed by atoms with Crippen LogP contribution in [0.1, 0.15) is 0 Å². The Morgan fingerprint density at radius 1 is 1.35 bits per heavy atom. The van der Waals surface area contributed by atoms with Gasteiger partial charge in [0.05, 0.1) is 17.0 Å². The van der Waals surface area contributed by atoms with E-state index >= 15 is 0 Å². The van der Waals surface area contributed by atoms with Gasteiger partial charge in [0, 0.05) is 5.69 Å². The van der Waals surface area contributed by atoms with Crippen molar-refractivity contribution < 1.29 is 27.1 Å². The zero-order chi connectivity index (χ0) is 18.5. The number of ether oxygens (including phenoxy) is 1. The molecular formula is C15H10ClF2N3O4S. The van der Waals surface area contributed by atoms with Crippen LogP contribution >= 0.6 is 23.4 Å². The summed E-state index contributed by atoms with van der Waals surface area (Å²) in [5.41, 5.74) is 0.337. The van der Waals surface area contributed by atoms with Crippen LogP contribution in [-0.4, -0.2) is 28.5 Å². The number of nitrogens with zero attached hydrogens (tertiary/aromatic N) is 2. The summed E-state index contributed by atoms with van der Waals surface area (Å²) in [6, 6.07) is 7.30. The van der Waals surface area contributed by atoms with E-state index in [0.29, 0.717) is 11.4 Å². The quantitative estimate of drug-likeness (QED) is 0.589. The first-order valence-electron chi connectivity index (χ1n) is 7.05. The molecule has 3 rings (SSSR count). The van der Waals surface area contributed by atoms with Crippen molar-refractivity contribution in [2.24, 2.45) is 0 Å². The fourth-order valence-electron chi connectivity index (χ4n) is 1.86. The summed E-state index contributed by atoms with van der Waals surface area (Å²) in [6.45, 7) is -2.98. The number of benzene rings is 1. The first-order valence-corrected chi connectivity index (χ1v) is 8.42. The molecule has 0 saturated heterocycles. The monoisotopic (exact) mass is 401 g/mol. The normalized spacial score (nSPS) is 10.9. The van der Waals surface area contributed by atoms with E-state index in [1.54, 1.807) is 12.1 Å². The molecule has 0 spiro atoms. The maximum absolute atomic E-state index is 12.2. The largest absolute Gasteiger partial charge is 0.459 e. The molecule has 26 heavy (non-hydrogen) atoms. The second-order valence-corrected chi connectivity index (χ2v) is 6.04. The standard InChI is InChI=1S/C15H10ClF2N3O4S/c16-9-6-8(3-4-10(9)24-14(17)18)19-12(22)7-26-15-21-20-13(25-15)11-2-1-5-23-11/h1-6,14H,7H2,(H,19,22). The van der Waals surface area contributed by atoms with Crippen LogP contribution in [0.15, 0.2) is 50.7 Å². The Bertz CT molecular complexity index is 889. The molecule has 0 saturated carbocycles. The van der Waals surface area contributed by atoms with Gasteiger partial charge in [-0.25, -0.2) is 0 Å². The smallest absolute Gasteiger partial charge is 0.387 e. The van der Waals surface area contributed by atoms with Gasteiger partial charge in [0.1, 0.15) is 5.75 Å².